The zero-order valence-corrected chi connectivity index (χ0v) is 19.5. The number of aromatic nitrogens is 2. The number of nitrogens with zero attached hydrogens (tertiary/aromatic N) is 2. The van der Waals surface area contributed by atoms with Gasteiger partial charge in [0.25, 0.3) is 0 Å². The van der Waals surface area contributed by atoms with Gasteiger partial charge in [0.1, 0.15) is 0 Å². The Kier molecular flexibility index (Phi) is 9.27. The van der Waals surface area contributed by atoms with Gasteiger partial charge in [-0.15, -0.1) is 71.8 Å². The molecule has 0 N–H and O–H groups in total. The standard InChI is InChI=1S/2C11H8N.F6P.Ir/c2*1-2-6-10(7-3-1)11-8-4-5-9-12-11;1-7(2,3,4,5)6;/h2*1-6,8-9H;;/q3*-1;/p+1. The molecule has 2 aromatic carbocycles. The largest absolute Gasteiger partial charge is 1.00 e. The number of halogens is 6. The van der Waals surface area contributed by atoms with E-state index in [0.29, 0.717) is 0 Å². The molecule has 4 aromatic rings. The van der Waals surface area contributed by atoms with Gasteiger partial charge in [0.15, 0.2) is 0 Å². The van der Waals surface area contributed by atoms with Crippen LogP contribution in [0.3, 0.4) is 0 Å². The Morgan fingerprint density at radius 3 is 1.16 bits per heavy atom. The maximum Gasteiger partial charge on any atom is 1.00 e. The van der Waals surface area contributed by atoms with Crippen LogP contribution in [0.2, 0.25) is 0 Å². The molecule has 0 atom stereocenters. The number of benzene rings is 2. The van der Waals surface area contributed by atoms with Gasteiger partial charge in [-0.3, -0.25) is 0 Å². The Bertz CT molecular complexity index is 896. The Morgan fingerprint density at radius 2 is 0.906 bits per heavy atom. The van der Waals surface area contributed by atoms with Gasteiger partial charge in [-0.1, -0.05) is 24.3 Å². The molecule has 0 amide bonds. The molecule has 0 aliphatic carbocycles. The fraction of sp³-hybridized carbons (Fsp3) is 0. The van der Waals surface area contributed by atoms with Crippen molar-refractivity contribution in [3.05, 3.63) is 109 Å². The van der Waals surface area contributed by atoms with Gasteiger partial charge in [-0.05, 0) is 23.5 Å². The summed E-state index contributed by atoms with van der Waals surface area (Å²) in [6.07, 6.45) is 3.58. The van der Waals surface area contributed by atoms with Gasteiger partial charge >= 0.3 is 34.4 Å². The zero-order chi connectivity index (χ0) is 22.9. The molecule has 0 aliphatic rings. The molecule has 0 unspecified atom stereocenters. The maximum atomic E-state index is 9.87. The molecule has 0 saturated heterocycles. The van der Waals surface area contributed by atoms with Crippen LogP contribution in [0.25, 0.3) is 22.5 Å². The average Bonchev–Trinajstić information content (AvgIpc) is 2.75. The summed E-state index contributed by atoms with van der Waals surface area (Å²) >= 11 is 0. The minimum Gasteiger partial charge on any atom is -0.305 e. The van der Waals surface area contributed by atoms with Crippen LogP contribution in [-0.4, -0.2) is 9.97 Å². The average molecular weight is 647 g/mol. The van der Waals surface area contributed by atoms with Gasteiger partial charge in [-0.2, -0.15) is 0 Å². The molecular formula is C22H17F6IrN2P-2. The molecule has 2 aromatic heterocycles. The summed E-state index contributed by atoms with van der Waals surface area (Å²) in [6, 6.07) is 33.6. The van der Waals surface area contributed by atoms with Crippen LogP contribution >= 0.6 is 7.81 Å². The fourth-order valence-corrected chi connectivity index (χ4v) is 2.15. The summed E-state index contributed by atoms with van der Waals surface area (Å²) in [5.41, 5.74) is 4.02. The van der Waals surface area contributed by atoms with Crippen molar-refractivity contribution < 1.29 is 46.7 Å². The molecule has 32 heavy (non-hydrogen) atoms. The molecule has 4 rings (SSSR count). The van der Waals surface area contributed by atoms with Crippen molar-refractivity contribution in [1.82, 2.24) is 9.97 Å². The Morgan fingerprint density at radius 1 is 0.562 bits per heavy atom. The number of rotatable bonds is 2. The van der Waals surface area contributed by atoms with E-state index in [1.54, 1.807) is 12.4 Å². The third-order valence-electron chi connectivity index (χ3n) is 3.30. The first-order chi connectivity index (χ1) is 14.4. The van der Waals surface area contributed by atoms with Crippen molar-refractivity contribution in [2.45, 2.75) is 0 Å². The SMILES string of the molecule is F[P-](F)(F)(F)(F)F.[H+].[Ir].[c-]1ccccc1-c1ccccn1.[c-]1ccccc1-c1ccccn1. The van der Waals surface area contributed by atoms with E-state index in [1.165, 1.54) is 0 Å². The molecule has 0 spiro atoms. The predicted molar refractivity (Wildman–Crippen MR) is 112 cm³/mol. The van der Waals surface area contributed by atoms with Gasteiger partial charge in [-0.25, -0.2) is 0 Å². The molecule has 0 bridgehead atoms. The molecule has 2 nitrogen and oxygen atoms in total. The Hall–Kier alpha value is -2.60. The van der Waals surface area contributed by atoms with E-state index < -0.39 is 7.81 Å². The van der Waals surface area contributed by atoms with Crippen molar-refractivity contribution >= 4 is 7.81 Å². The second-order valence-electron chi connectivity index (χ2n) is 5.94. The van der Waals surface area contributed by atoms with Crippen molar-refractivity contribution in [2.75, 3.05) is 0 Å². The van der Waals surface area contributed by atoms with Crippen molar-refractivity contribution in [3.63, 3.8) is 0 Å². The topological polar surface area (TPSA) is 25.8 Å². The minimum atomic E-state index is -10.7. The third-order valence-corrected chi connectivity index (χ3v) is 3.30. The van der Waals surface area contributed by atoms with Crippen LogP contribution in [0.15, 0.2) is 97.3 Å². The first kappa shape index (κ1) is 27.4. The van der Waals surface area contributed by atoms with Gasteiger partial charge < -0.3 is 9.97 Å². The molecule has 0 fully saturated rings. The number of hydrogen-bond donors (Lipinski definition) is 0. The van der Waals surface area contributed by atoms with Crippen LogP contribution in [0.4, 0.5) is 25.2 Å². The monoisotopic (exact) mass is 647 g/mol. The van der Waals surface area contributed by atoms with Crippen LogP contribution < -0.4 is 0 Å². The molecule has 1 radical (unpaired) electrons. The first-order valence-corrected chi connectivity index (χ1v) is 10.7. The smallest absolute Gasteiger partial charge is 0.305 e. The number of hydrogen-bond acceptors (Lipinski definition) is 2. The van der Waals surface area contributed by atoms with E-state index in [-0.39, 0.29) is 21.5 Å². The summed E-state index contributed by atoms with van der Waals surface area (Å²) in [6.45, 7) is 0. The zero-order valence-electron chi connectivity index (χ0n) is 17.2. The summed E-state index contributed by atoms with van der Waals surface area (Å²) in [5, 5.41) is 0. The summed E-state index contributed by atoms with van der Waals surface area (Å²) in [7, 11) is -10.7. The second-order valence-corrected chi connectivity index (χ2v) is 7.86. The molecular weight excluding hydrogens is 629 g/mol. The normalized spacial score (nSPS) is 12.3. The van der Waals surface area contributed by atoms with E-state index >= 15 is 0 Å². The van der Waals surface area contributed by atoms with E-state index in [0.717, 1.165) is 22.5 Å². The molecule has 0 aliphatic heterocycles. The van der Waals surface area contributed by atoms with E-state index in [2.05, 4.69) is 22.1 Å². The van der Waals surface area contributed by atoms with Gasteiger partial charge in [0.2, 0.25) is 0 Å². The quantitative estimate of drug-likeness (QED) is 0.124. The number of pyridine rings is 2. The second kappa shape index (κ2) is 10.8. The van der Waals surface area contributed by atoms with Crippen molar-refractivity contribution in [1.29, 1.82) is 0 Å². The third kappa shape index (κ3) is 13.7. The van der Waals surface area contributed by atoms with E-state index in [9.17, 15) is 25.2 Å². The van der Waals surface area contributed by atoms with Crippen LogP contribution in [0, 0.1) is 12.1 Å². The summed E-state index contributed by atoms with van der Waals surface area (Å²) < 4.78 is 59.2. The van der Waals surface area contributed by atoms with Gasteiger partial charge in [0.05, 0.1) is 0 Å². The molecule has 0 saturated carbocycles. The molecule has 10 heteroatoms. The molecule has 2 heterocycles. The summed E-state index contributed by atoms with van der Waals surface area (Å²) in [4.78, 5) is 8.44. The van der Waals surface area contributed by atoms with Crippen molar-refractivity contribution in [2.24, 2.45) is 0 Å². The van der Waals surface area contributed by atoms with Crippen LogP contribution in [-0.2, 0) is 20.1 Å². The Balaban J connectivity index is 0.000000470. The fourth-order valence-electron chi connectivity index (χ4n) is 2.15. The van der Waals surface area contributed by atoms with Gasteiger partial charge in [0, 0.05) is 32.5 Å². The Labute approximate surface area is 196 Å². The van der Waals surface area contributed by atoms with Crippen LogP contribution in [0.5, 0.6) is 0 Å². The van der Waals surface area contributed by atoms with E-state index in [4.69, 9.17) is 0 Å². The molecule has 173 valence electrons. The first-order valence-electron chi connectivity index (χ1n) is 8.71. The van der Waals surface area contributed by atoms with Crippen molar-refractivity contribution in [3.8, 4) is 22.5 Å². The summed E-state index contributed by atoms with van der Waals surface area (Å²) in [5.74, 6) is 0. The van der Waals surface area contributed by atoms with E-state index in [1.807, 2.05) is 84.9 Å². The predicted octanol–water partition coefficient (Wildman–Crippen LogP) is 8.59. The van der Waals surface area contributed by atoms with Crippen LogP contribution in [0.1, 0.15) is 1.43 Å². The minimum absolute atomic E-state index is 0. The maximum absolute atomic E-state index is 10.7.